The molecule has 62 valence electrons. The zero-order valence-corrected chi connectivity index (χ0v) is 5.50. The predicted molar refractivity (Wildman–Crippen MR) is 39.9 cm³/mol. The molecule has 0 aromatic carbocycles. The highest BCUT2D eigenvalue weighted by molar-refractivity contribution is 5.67. The Labute approximate surface area is 61.7 Å². The second-order valence-corrected chi connectivity index (χ2v) is 2.04. The molecule has 2 N–H and O–H groups in total. The number of aliphatic carboxylic acids is 1. The van der Waals surface area contributed by atoms with Crippen molar-refractivity contribution in [3.63, 3.8) is 0 Å². The van der Waals surface area contributed by atoms with E-state index in [1.807, 2.05) is 6.92 Å². The van der Waals surface area contributed by atoms with Crippen LogP contribution in [0.5, 0.6) is 0 Å². The van der Waals surface area contributed by atoms with Crippen LogP contribution in [0.2, 0.25) is 0 Å². The second kappa shape index (κ2) is 6.55. The van der Waals surface area contributed by atoms with Gasteiger partial charge in [0.1, 0.15) is 0 Å². The summed E-state index contributed by atoms with van der Waals surface area (Å²) in [4.78, 5) is 9.92. The number of carbonyl (C=O) groups is 1. The topological polar surface area (TPSA) is 57.5 Å². The van der Waals surface area contributed by atoms with E-state index in [1.54, 1.807) is 0 Å². The molecule has 1 atom stereocenters. The second-order valence-electron chi connectivity index (χ2n) is 2.04. The normalized spacial score (nSPS) is 11.8. The average molecular weight is 148 g/mol. The van der Waals surface area contributed by atoms with Gasteiger partial charge in [-0.3, -0.25) is 4.79 Å². The molecule has 0 amide bonds. The molecular formula is C7H16O3. The number of aliphatic hydroxyl groups is 1. The Morgan fingerprint density at radius 2 is 2.10 bits per heavy atom. The molecular weight excluding hydrogens is 132 g/mol. The lowest BCUT2D eigenvalue weighted by atomic mass is 10.1. The van der Waals surface area contributed by atoms with Crippen LogP contribution in [0, 0.1) is 0 Å². The van der Waals surface area contributed by atoms with Crippen LogP contribution < -0.4 is 0 Å². The summed E-state index contributed by atoms with van der Waals surface area (Å²) >= 11 is 0. The molecule has 1 unspecified atom stereocenters. The summed E-state index contributed by atoms with van der Waals surface area (Å²) in [7, 11) is 0. The lowest BCUT2D eigenvalue weighted by Crippen LogP contribution is -2.11. The number of carboxylic acid groups (broad SMARTS) is 1. The third-order valence-electron chi connectivity index (χ3n) is 1.03. The van der Waals surface area contributed by atoms with Gasteiger partial charge in [0.05, 0.1) is 12.5 Å². The number of hydrogen-bond donors (Lipinski definition) is 2. The predicted octanol–water partition coefficient (Wildman–Crippen LogP) is 1.26. The van der Waals surface area contributed by atoms with Crippen LogP contribution in [0.25, 0.3) is 0 Å². The highest BCUT2D eigenvalue weighted by Crippen LogP contribution is 1.99. The molecule has 0 heterocycles. The molecule has 0 aliphatic rings. The maximum absolute atomic E-state index is 9.92. The fraction of sp³-hybridized carbons (Fsp3) is 0.857. The zero-order valence-electron chi connectivity index (χ0n) is 5.50. The Morgan fingerprint density at radius 3 is 2.40 bits per heavy atom. The van der Waals surface area contributed by atoms with E-state index in [2.05, 4.69) is 0 Å². The first-order valence-electron chi connectivity index (χ1n) is 3.06. The van der Waals surface area contributed by atoms with Gasteiger partial charge in [0.2, 0.25) is 0 Å². The molecule has 0 saturated heterocycles. The van der Waals surface area contributed by atoms with Crippen molar-refractivity contribution >= 4 is 5.97 Å². The van der Waals surface area contributed by atoms with Crippen molar-refractivity contribution < 1.29 is 15.0 Å². The smallest absolute Gasteiger partial charge is 0.305 e. The molecule has 0 saturated carbocycles. The summed E-state index contributed by atoms with van der Waals surface area (Å²) in [5, 5.41) is 17.0. The van der Waals surface area contributed by atoms with Gasteiger partial charge in [0, 0.05) is 0 Å². The SMILES string of the molecule is C.CCCC(O)CC(=O)O. The van der Waals surface area contributed by atoms with Gasteiger partial charge in [0.15, 0.2) is 0 Å². The van der Waals surface area contributed by atoms with Gasteiger partial charge in [-0.1, -0.05) is 20.8 Å². The third kappa shape index (κ3) is 7.43. The first-order valence-corrected chi connectivity index (χ1v) is 3.06. The molecule has 3 nitrogen and oxygen atoms in total. The van der Waals surface area contributed by atoms with Crippen LogP contribution in [0.1, 0.15) is 33.6 Å². The van der Waals surface area contributed by atoms with E-state index in [0.717, 1.165) is 6.42 Å². The number of carboxylic acids is 1. The first kappa shape index (κ1) is 12.1. The van der Waals surface area contributed by atoms with Crippen LogP contribution in [0.3, 0.4) is 0 Å². The van der Waals surface area contributed by atoms with Crippen LogP contribution in [0.15, 0.2) is 0 Å². The number of rotatable bonds is 4. The van der Waals surface area contributed by atoms with Crippen LogP contribution >= 0.6 is 0 Å². The molecule has 3 heteroatoms. The monoisotopic (exact) mass is 148 g/mol. The summed E-state index contributed by atoms with van der Waals surface area (Å²) in [5.41, 5.74) is 0. The quantitative estimate of drug-likeness (QED) is 0.631. The minimum absolute atomic E-state index is 0. The van der Waals surface area contributed by atoms with Gasteiger partial charge in [-0.05, 0) is 6.42 Å². The Balaban J connectivity index is 0. The van der Waals surface area contributed by atoms with Crippen molar-refractivity contribution in [3.8, 4) is 0 Å². The molecule has 0 radical (unpaired) electrons. The van der Waals surface area contributed by atoms with Crippen molar-refractivity contribution in [2.75, 3.05) is 0 Å². The fourth-order valence-electron chi connectivity index (χ4n) is 0.637. The molecule has 0 aromatic rings. The first-order chi connectivity index (χ1) is 4.16. The zero-order chi connectivity index (χ0) is 7.28. The molecule has 0 bridgehead atoms. The highest BCUT2D eigenvalue weighted by Gasteiger charge is 2.06. The van der Waals surface area contributed by atoms with Crippen molar-refractivity contribution in [2.24, 2.45) is 0 Å². The molecule has 0 aromatic heterocycles. The van der Waals surface area contributed by atoms with Crippen LogP contribution in [-0.2, 0) is 4.79 Å². The van der Waals surface area contributed by atoms with Gasteiger partial charge in [-0.25, -0.2) is 0 Å². The van der Waals surface area contributed by atoms with Crippen molar-refractivity contribution in [1.29, 1.82) is 0 Å². The van der Waals surface area contributed by atoms with Crippen LogP contribution in [0.4, 0.5) is 0 Å². The number of aliphatic hydroxyl groups excluding tert-OH is 1. The summed E-state index contributed by atoms with van der Waals surface area (Å²) in [6.45, 7) is 1.91. The van der Waals surface area contributed by atoms with E-state index in [4.69, 9.17) is 10.2 Å². The molecule has 0 rings (SSSR count). The lowest BCUT2D eigenvalue weighted by molar-refractivity contribution is -0.139. The fourth-order valence-corrected chi connectivity index (χ4v) is 0.637. The Morgan fingerprint density at radius 1 is 1.60 bits per heavy atom. The Bertz CT molecular complexity index is 90.9. The largest absolute Gasteiger partial charge is 0.481 e. The minimum Gasteiger partial charge on any atom is -0.481 e. The maximum atomic E-state index is 9.92. The molecule has 10 heavy (non-hydrogen) atoms. The summed E-state index contributed by atoms with van der Waals surface area (Å²) < 4.78 is 0. The van der Waals surface area contributed by atoms with Crippen molar-refractivity contribution in [2.45, 2.75) is 39.7 Å². The van der Waals surface area contributed by atoms with E-state index in [1.165, 1.54) is 0 Å². The van der Waals surface area contributed by atoms with Crippen molar-refractivity contribution in [1.82, 2.24) is 0 Å². The third-order valence-corrected chi connectivity index (χ3v) is 1.03. The highest BCUT2D eigenvalue weighted by atomic mass is 16.4. The van der Waals surface area contributed by atoms with E-state index < -0.39 is 12.1 Å². The minimum atomic E-state index is -0.934. The van der Waals surface area contributed by atoms with E-state index in [0.29, 0.717) is 6.42 Å². The van der Waals surface area contributed by atoms with E-state index in [-0.39, 0.29) is 13.8 Å². The standard InChI is InChI=1S/C6H12O3.CH4/c1-2-3-5(7)4-6(8)9;/h5,7H,2-4H2,1H3,(H,8,9);1H4. The van der Waals surface area contributed by atoms with E-state index in [9.17, 15) is 4.79 Å². The molecule has 0 fully saturated rings. The lowest BCUT2D eigenvalue weighted by Gasteiger charge is -2.03. The number of hydrogen-bond acceptors (Lipinski definition) is 2. The Hall–Kier alpha value is -0.570. The van der Waals surface area contributed by atoms with Crippen LogP contribution in [-0.4, -0.2) is 22.3 Å². The summed E-state index contributed by atoms with van der Waals surface area (Å²) in [6.07, 6.45) is 0.613. The summed E-state index contributed by atoms with van der Waals surface area (Å²) in [6, 6.07) is 0. The van der Waals surface area contributed by atoms with E-state index >= 15 is 0 Å². The Kier molecular flexibility index (Phi) is 7.95. The van der Waals surface area contributed by atoms with Gasteiger partial charge >= 0.3 is 5.97 Å². The van der Waals surface area contributed by atoms with Gasteiger partial charge in [-0.15, -0.1) is 0 Å². The van der Waals surface area contributed by atoms with Gasteiger partial charge in [-0.2, -0.15) is 0 Å². The van der Waals surface area contributed by atoms with Gasteiger partial charge < -0.3 is 10.2 Å². The van der Waals surface area contributed by atoms with Crippen molar-refractivity contribution in [3.05, 3.63) is 0 Å². The van der Waals surface area contributed by atoms with Gasteiger partial charge in [0.25, 0.3) is 0 Å². The molecule has 0 aliphatic heterocycles. The average Bonchev–Trinajstić information content (AvgIpc) is 1.63. The molecule has 0 aliphatic carbocycles. The maximum Gasteiger partial charge on any atom is 0.305 e. The molecule has 0 spiro atoms. The summed E-state index contributed by atoms with van der Waals surface area (Å²) in [5.74, 6) is -0.934.